The van der Waals surface area contributed by atoms with E-state index in [1.54, 1.807) is 36.4 Å². The number of anilines is 2. The highest BCUT2D eigenvalue weighted by Gasteiger charge is 2.05. The largest absolute Gasteiger partial charge is 0.484 e. The van der Waals surface area contributed by atoms with E-state index in [0.717, 1.165) is 13.1 Å². The normalized spacial score (nSPS) is 10.5. The quantitative estimate of drug-likeness (QED) is 0.760. The lowest BCUT2D eigenvalue weighted by Crippen LogP contribution is -2.22. The molecule has 0 saturated heterocycles. The van der Waals surface area contributed by atoms with Gasteiger partial charge in [0.05, 0.1) is 0 Å². The fourth-order valence-corrected chi connectivity index (χ4v) is 1.89. The zero-order chi connectivity index (χ0) is 17.4. The highest BCUT2D eigenvalue weighted by Crippen LogP contribution is 2.15. The van der Waals surface area contributed by atoms with Crippen LogP contribution in [0.2, 0.25) is 5.02 Å². The van der Waals surface area contributed by atoms with E-state index in [-0.39, 0.29) is 12.5 Å². The second kappa shape index (κ2) is 9.05. The van der Waals surface area contributed by atoms with Gasteiger partial charge in [0.15, 0.2) is 12.4 Å². The first-order chi connectivity index (χ1) is 11.5. The molecule has 0 fully saturated rings. The van der Waals surface area contributed by atoms with Gasteiger partial charge in [-0.1, -0.05) is 11.6 Å². The number of likely N-dealkylation sites (N-methyl/N-ethyl adjacent to an activating group) is 1. The van der Waals surface area contributed by atoms with Crippen molar-refractivity contribution in [2.45, 2.75) is 0 Å². The summed E-state index contributed by atoms with van der Waals surface area (Å²) in [6, 6.07) is 10.2. The van der Waals surface area contributed by atoms with E-state index in [4.69, 9.17) is 16.3 Å². The summed E-state index contributed by atoms with van der Waals surface area (Å²) in [7, 11) is 4.00. The van der Waals surface area contributed by atoms with Crippen molar-refractivity contribution in [2.75, 3.05) is 44.4 Å². The van der Waals surface area contributed by atoms with Crippen LogP contribution in [0.3, 0.4) is 0 Å². The third kappa shape index (κ3) is 6.39. The molecule has 0 radical (unpaired) electrons. The van der Waals surface area contributed by atoms with Crippen molar-refractivity contribution in [3.63, 3.8) is 0 Å². The molecule has 1 aromatic heterocycles. The van der Waals surface area contributed by atoms with Crippen molar-refractivity contribution in [2.24, 2.45) is 0 Å². The Labute approximate surface area is 146 Å². The maximum atomic E-state index is 11.8. The van der Waals surface area contributed by atoms with Crippen molar-refractivity contribution >= 4 is 29.1 Å². The lowest BCUT2D eigenvalue weighted by molar-refractivity contribution is -0.118. The highest BCUT2D eigenvalue weighted by atomic mass is 35.5. The van der Waals surface area contributed by atoms with Crippen molar-refractivity contribution < 1.29 is 9.53 Å². The maximum Gasteiger partial charge on any atom is 0.263 e. The topological polar surface area (TPSA) is 79.4 Å². The fraction of sp³-hybridized carbons (Fsp3) is 0.312. The summed E-state index contributed by atoms with van der Waals surface area (Å²) in [5, 5.41) is 14.3. The Morgan fingerprint density at radius 1 is 1.12 bits per heavy atom. The van der Waals surface area contributed by atoms with Crippen LogP contribution in [0.25, 0.3) is 0 Å². The van der Waals surface area contributed by atoms with Gasteiger partial charge >= 0.3 is 0 Å². The summed E-state index contributed by atoms with van der Waals surface area (Å²) in [5.74, 6) is 1.29. The molecule has 2 N–H and O–H groups in total. The summed E-state index contributed by atoms with van der Waals surface area (Å²) < 4.78 is 5.36. The lowest BCUT2D eigenvalue weighted by Gasteiger charge is -2.10. The summed E-state index contributed by atoms with van der Waals surface area (Å²) >= 11 is 5.78. The van der Waals surface area contributed by atoms with Gasteiger partial charge in [0.1, 0.15) is 11.6 Å². The predicted octanol–water partition coefficient (Wildman–Crippen LogP) is 2.12. The van der Waals surface area contributed by atoms with Gasteiger partial charge < -0.3 is 20.3 Å². The van der Waals surface area contributed by atoms with Crippen LogP contribution < -0.4 is 15.4 Å². The molecule has 1 amide bonds. The molecule has 7 nitrogen and oxygen atoms in total. The van der Waals surface area contributed by atoms with Gasteiger partial charge in [-0.3, -0.25) is 4.79 Å². The van der Waals surface area contributed by atoms with Gasteiger partial charge in [0.25, 0.3) is 5.91 Å². The average Bonchev–Trinajstić information content (AvgIpc) is 2.56. The average molecular weight is 350 g/mol. The Bertz CT molecular complexity index is 647. The van der Waals surface area contributed by atoms with Crippen LogP contribution in [-0.4, -0.2) is 54.8 Å². The monoisotopic (exact) mass is 349 g/mol. The van der Waals surface area contributed by atoms with E-state index in [1.807, 2.05) is 14.1 Å². The molecule has 128 valence electrons. The van der Waals surface area contributed by atoms with E-state index in [0.29, 0.717) is 22.4 Å². The van der Waals surface area contributed by atoms with Gasteiger partial charge in [0.2, 0.25) is 0 Å². The number of hydrogen-bond donors (Lipinski definition) is 2. The molecule has 0 bridgehead atoms. The minimum atomic E-state index is -0.312. The second-order valence-corrected chi connectivity index (χ2v) is 5.76. The first kappa shape index (κ1) is 18.0. The molecule has 8 heteroatoms. The number of hydrogen-bond acceptors (Lipinski definition) is 6. The number of carbonyl (C=O) groups excluding carboxylic acids is 1. The van der Waals surface area contributed by atoms with Crippen molar-refractivity contribution in [1.29, 1.82) is 0 Å². The van der Waals surface area contributed by atoms with Crippen molar-refractivity contribution in [3.05, 3.63) is 41.4 Å². The zero-order valence-corrected chi connectivity index (χ0v) is 14.4. The molecule has 0 aliphatic heterocycles. The van der Waals surface area contributed by atoms with Crippen LogP contribution in [0.1, 0.15) is 0 Å². The Kier molecular flexibility index (Phi) is 6.77. The number of rotatable bonds is 8. The molecule has 24 heavy (non-hydrogen) atoms. The number of nitrogens with one attached hydrogen (secondary N) is 2. The van der Waals surface area contributed by atoms with Crippen molar-refractivity contribution in [3.8, 4) is 5.75 Å². The van der Waals surface area contributed by atoms with Gasteiger partial charge in [-0.05, 0) is 50.5 Å². The van der Waals surface area contributed by atoms with Gasteiger partial charge in [-0.25, -0.2) is 0 Å². The van der Waals surface area contributed by atoms with Crippen LogP contribution in [0, 0.1) is 0 Å². The zero-order valence-electron chi connectivity index (χ0n) is 13.6. The molecule has 0 aliphatic carbocycles. The Morgan fingerprint density at radius 3 is 2.42 bits per heavy atom. The molecule has 0 spiro atoms. The smallest absolute Gasteiger partial charge is 0.263 e. The van der Waals surface area contributed by atoms with E-state index in [1.165, 1.54) is 0 Å². The van der Waals surface area contributed by atoms with Crippen LogP contribution in [0.15, 0.2) is 36.4 Å². The molecule has 0 unspecified atom stereocenters. The lowest BCUT2D eigenvalue weighted by atomic mass is 10.3. The third-order valence-corrected chi connectivity index (χ3v) is 3.23. The molecule has 0 saturated carbocycles. The van der Waals surface area contributed by atoms with E-state index in [2.05, 4.69) is 25.7 Å². The number of halogens is 1. The minimum absolute atomic E-state index is 0.119. The van der Waals surface area contributed by atoms with E-state index in [9.17, 15) is 4.79 Å². The SMILES string of the molecule is CN(C)CCNc1ccc(NC(=O)COc2ccc(Cl)cc2)nn1. The number of amides is 1. The number of ether oxygens (including phenoxy) is 1. The van der Waals surface area contributed by atoms with Crippen LogP contribution in [0.4, 0.5) is 11.6 Å². The van der Waals surface area contributed by atoms with Crippen molar-refractivity contribution in [1.82, 2.24) is 15.1 Å². The third-order valence-electron chi connectivity index (χ3n) is 2.98. The second-order valence-electron chi connectivity index (χ2n) is 5.32. The maximum absolute atomic E-state index is 11.8. The number of nitrogens with zero attached hydrogens (tertiary/aromatic N) is 3. The first-order valence-corrected chi connectivity index (χ1v) is 7.81. The molecule has 0 aliphatic rings. The molecule has 1 heterocycles. The van der Waals surface area contributed by atoms with Crippen LogP contribution in [-0.2, 0) is 4.79 Å². The highest BCUT2D eigenvalue weighted by molar-refractivity contribution is 6.30. The first-order valence-electron chi connectivity index (χ1n) is 7.43. The molecule has 2 aromatic rings. The van der Waals surface area contributed by atoms with Crippen LogP contribution in [0.5, 0.6) is 5.75 Å². The van der Waals surface area contributed by atoms with Gasteiger partial charge in [0, 0.05) is 18.1 Å². The Morgan fingerprint density at radius 2 is 1.79 bits per heavy atom. The number of aromatic nitrogens is 2. The molecular weight excluding hydrogens is 330 g/mol. The summed E-state index contributed by atoms with van der Waals surface area (Å²) in [5.41, 5.74) is 0. The summed E-state index contributed by atoms with van der Waals surface area (Å²) in [4.78, 5) is 13.9. The number of carbonyl (C=O) groups is 1. The number of benzene rings is 1. The van der Waals surface area contributed by atoms with Crippen LogP contribution >= 0.6 is 11.6 Å². The predicted molar refractivity (Wildman–Crippen MR) is 94.7 cm³/mol. The molecular formula is C16H20ClN5O2. The minimum Gasteiger partial charge on any atom is -0.484 e. The standard InChI is InChI=1S/C16H20ClN5O2/c1-22(2)10-9-18-14-7-8-15(21-20-14)19-16(23)11-24-13-5-3-12(17)4-6-13/h3-8H,9-11H2,1-2H3,(H,18,20)(H,19,21,23). The van der Waals surface area contributed by atoms with E-state index < -0.39 is 0 Å². The molecule has 2 rings (SSSR count). The van der Waals surface area contributed by atoms with Gasteiger partial charge in [-0.2, -0.15) is 0 Å². The molecule has 1 aromatic carbocycles. The van der Waals surface area contributed by atoms with E-state index >= 15 is 0 Å². The fourth-order valence-electron chi connectivity index (χ4n) is 1.76. The molecule has 0 atom stereocenters. The Balaban J connectivity index is 1.76. The Hall–Kier alpha value is -2.38. The summed E-state index contributed by atoms with van der Waals surface area (Å²) in [6.45, 7) is 1.54. The van der Waals surface area contributed by atoms with Gasteiger partial charge in [-0.15, -0.1) is 10.2 Å². The summed E-state index contributed by atoms with van der Waals surface area (Å²) in [6.07, 6.45) is 0.